The lowest BCUT2D eigenvalue weighted by Gasteiger charge is -2.06. The van der Waals surface area contributed by atoms with Crippen molar-refractivity contribution in [1.29, 1.82) is 0 Å². The van der Waals surface area contributed by atoms with Crippen molar-refractivity contribution in [2.75, 3.05) is 0 Å². The van der Waals surface area contributed by atoms with Crippen LogP contribution in [0.3, 0.4) is 0 Å². The Morgan fingerprint density at radius 1 is 1.13 bits per heavy atom. The van der Waals surface area contributed by atoms with Gasteiger partial charge in [-0.3, -0.25) is 4.79 Å². The highest BCUT2D eigenvalue weighted by atomic mass is 16.1. The van der Waals surface area contributed by atoms with Gasteiger partial charge in [-0.2, -0.15) is 0 Å². The maximum atomic E-state index is 12.1. The molecule has 2 N–H and O–H groups in total. The first-order valence-electron chi connectivity index (χ1n) is 7.94. The van der Waals surface area contributed by atoms with Gasteiger partial charge in [0.05, 0.1) is 17.5 Å². The molecule has 0 atom stereocenters. The topological polar surface area (TPSA) is 57.8 Å². The molecule has 2 aromatic carbocycles. The number of nitrogens with zero attached hydrogens (tertiary/aromatic N) is 1. The fourth-order valence-electron chi connectivity index (χ4n) is 2.54. The van der Waals surface area contributed by atoms with Crippen LogP contribution in [0.4, 0.5) is 0 Å². The number of hydrogen-bond donors (Lipinski definition) is 2. The van der Waals surface area contributed by atoms with Gasteiger partial charge >= 0.3 is 0 Å². The minimum atomic E-state index is 0.0279. The summed E-state index contributed by atoms with van der Waals surface area (Å²) in [5.74, 6) is 1.00. The van der Waals surface area contributed by atoms with E-state index in [-0.39, 0.29) is 5.91 Å². The van der Waals surface area contributed by atoms with Crippen molar-refractivity contribution >= 4 is 16.9 Å². The molecular weight excluding hydrogens is 286 g/mol. The van der Waals surface area contributed by atoms with Crippen molar-refractivity contribution in [3.05, 3.63) is 65.0 Å². The van der Waals surface area contributed by atoms with E-state index in [4.69, 9.17) is 0 Å². The Labute approximate surface area is 136 Å². The first-order chi connectivity index (χ1) is 11.1. The molecule has 0 aliphatic carbocycles. The Morgan fingerprint density at radius 3 is 2.61 bits per heavy atom. The highest BCUT2D eigenvalue weighted by Gasteiger charge is 2.06. The van der Waals surface area contributed by atoms with E-state index >= 15 is 0 Å². The molecular formula is C19H21N3O. The fourth-order valence-corrected chi connectivity index (χ4v) is 2.54. The number of aromatic amines is 1. The Bertz CT molecular complexity index is 818. The van der Waals surface area contributed by atoms with E-state index in [0.717, 1.165) is 34.4 Å². The minimum Gasteiger partial charge on any atom is -0.352 e. The number of benzene rings is 2. The van der Waals surface area contributed by atoms with E-state index in [1.54, 1.807) is 0 Å². The summed E-state index contributed by atoms with van der Waals surface area (Å²) in [6.45, 7) is 4.68. The van der Waals surface area contributed by atoms with Crippen LogP contribution in [0.1, 0.15) is 29.4 Å². The van der Waals surface area contributed by atoms with E-state index in [0.29, 0.717) is 13.0 Å². The lowest BCUT2D eigenvalue weighted by molar-refractivity contribution is -0.120. The smallest absolute Gasteiger partial charge is 0.224 e. The number of imidazole rings is 1. The zero-order chi connectivity index (χ0) is 16.2. The molecule has 3 aromatic rings. The highest BCUT2D eigenvalue weighted by Crippen LogP contribution is 2.14. The van der Waals surface area contributed by atoms with E-state index < -0.39 is 0 Å². The van der Waals surface area contributed by atoms with Crippen LogP contribution in [0.15, 0.2) is 42.5 Å². The van der Waals surface area contributed by atoms with Crippen molar-refractivity contribution in [1.82, 2.24) is 15.3 Å². The quantitative estimate of drug-likeness (QED) is 0.760. The second-order valence-corrected chi connectivity index (χ2v) is 5.83. The van der Waals surface area contributed by atoms with E-state index in [1.807, 2.05) is 30.3 Å². The first-order valence-corrected chi connectivity index (χ1v) is 7.94. The predicted octanol–water partition coefficient (Wildman–Crippen LogP) is 3.29. The maximum Gasteiger partial charge on any atom is 0.224 e. The molecule has 0 aliphatic rings. The van der Waals surface area contributed by atoms with Crippen LogP contribution in [-0.2, 0) is 24.2 Å². The molecule has 0 radical (unpaired) electrons. The third-order valence-corrected chi connectivity index (χ3v) is 3.91. The Hall–Kier alpha value is -2.62. The average Bonchev–Trinajstić information content (AvgIpc) is 2.97. The molecule has 118 valence electrons. The molecule has 0 unspecified atom stereocenters. The molecule has 1 aromatic heterocycles. The third-order valence-electron chi connectivity index (χ3n) is 3.91. The summed E-state index contributed by atoms with van der Waals surface area (Å²) >= 11 is 0. The van der Waals surface area contributed by atoms with Crippen LogP contribution in [-0.4, -0.2) is 15.9 Å². The van der Waals surface area contributed by atoms with Crippen molar-refractivity contribution in [3.8, 4) is 0 Å². The SMILES string of the molecule is CCc1nc2ccc(CC(=O)NCc3ccc(C)cc3)cc2[nH]1. The summed E-state index contributed by atoms with van der Waals surface area (Å²) < 4.78 is 0. The lowest BCUT2D eigenvalue weighted by Crippen LogP contribution is -2.24. The number of hydrogen-bond acceptors (Lipinski definition) is 2. The molecule has 1 amide bonds. The number of H-pyrrole nitrogens is 1. The van der Waals surface area contributed by atoms with Gasteiger partial charge in [0.1, 0.15) is 5.82 Å². The molecule has 0 saturated carbocycles. The van der Waals surface area contributed by atoms with E-state index in [9.17, 15) is 4.79 Å². The maximum absolute atomic E-state index is 12.1. The zero-order valence-corrected chi connectivity index (χ0v) is 13.5. The van der Waals surface area contributed by atoms with E-state index in [2.05, 4.69) is 41.3 Å². The summed E-state index contributed by atoms with van der Waals surface area (Å²) in [6, 6.07) is 14.1. The second-order valence-electron chi connectivity index (χ2n) is 5.83. The zero-order valence-electron chi connectivity index (χ0n) is 13.5. The number of fused-ring (bicyclic) bond motifs is 1. The Balaban J connectivity index is 1.61. The summed E-state index contributed by atoms with van der Waals surface area (Å²) in [5, 5.41) is 2.97. The van der Waals surface area contributed by atoms with Crippen LogP contribution in [0.2, 0.25) is 0 Å². The lowest BCUT2D eigenvalue weighted by atomic mass is 10.1. The number of aryl methyl sites for hydroxylation is 2. The molecule has 4 nitrogen and oxygen atoms in total. The minimum absolute atomic E-state index is 0.0279. The molecule has 0 saturated heterocycles. The molecule has 23 heavy (non-hydrogen) atoms. The van der Waals surface area contributed by atoms with Gasteiger partial charge in [-0.25, -0.2) is 4.98 Å². The van der Waals surface area contributed by atoms with Crippen LogP contribution in [0, 0.1) is 6.92 Å². The molecule has 0 bridgehead atoms. The molecule has 3 rings (SSSR count). The molecule has 0 aliphatic heterocycles. The fraction of sp³-hybridized carbons (Fsp3) is 0.263. The van der Waals surface area contributed by atoms with Gasteiger partial charge in [-0.05, 0) is 30.2 Å². The van der Waals surface area contributed by atoms with Gasteiger partial charge < -0.3 is 10.3 Å². The standard InChI is InChI=1S/C19H21N3O/c1-3-18-21-16-9-8-15(10-17(16)22-18)11-19(23)20-12-14-6-4-13(2)5-7-14/h4-10H,3,11-12H2,1-2H3,(H,20,23)(H,21,22). The summed E-state index contributed by atoms with van der Waals surface area (Å²) in [6.07, 6.45) is 1.25. The number of rotatable bonds is 5. The highest BCUT2D eigenvalue weighted by molar-refractivity contribution is 5.81. The summed E-state index contributed by atoms with van der Waals surface area (Å²) in [4.78, 5) is 19.9. The van der Waals surface area contributed by atoms with Crippen LogP contribution >= 0.6 is 0 Å². The third kappa shape index (κ3) is 3.77. The number of carbonyl (C=O) groups is 1. The summed E-state index contributed by atoms with van der Waals surface area (Å²) in [5.41, 5.74) is 5.27. The van der Waals surface area contributed by atoms with Crippen LogP contribution < -0.4 is 5.32 Å². The Morgan fingerprint density at radius 2 is 1.87 bits per heavy atom. The van der Waals surface area contributed by atoms with Crippen molar-refractivity contribution in [3.63, 3.8) is 0 Å². The first kappa shape index (κ1) is 15.3. The van der Waals surface area contributed by atoms with Gasteiger partial charge in [0, 0.05) is 13.0 Å². The monoisotopic (exact) mass is 307 g/mol. The van der Waals surface area contributed by atoms with Crippen molar-refractivity contribution in [2.24, 2.45) is 0 Å². The average molecular weight is 307 g/mol. The van der Waals surface area contributed by atoms with Gasteiger partial charge in [0.15, 0.2) is 0 Å². The number of aromatic nitrogens is 2. The van der Waals surface area contributed by atoms with Gasteiger partial charge in [0.2, 0.25) is 5.91 Å². The van der Waals surface area contributed by atoms with Gasteiger partial charge in [-0.15, -0.1) is 0 Å². The molecule has 1 heterocycles. The van der Waals surface area contributed by atoms with Gasteiger partial charge in [-0.1, -0.05) is 42.8 Å². The molecule has 0 fully saturated rings. The Kier molecular flexibility index (Phi) is 4.42. The van der Waals surface area contributed by atoms with Crippen LogP contribution in [0.5, 0.6) is 0 Å². The van der Waals surface area contributed by atoms with Crippen molar-refractivity contribution in [2.45, 2.75) is 33.2 Å². The van der Waals surface area contributed by atoms with Crippen LogP contribution in [0.25, 0.3) is 11.0 Å². The van der Waals surface area contributed by atoms with Crippen molar-refractivity contribution < 1.29 is 4.79 Å². The second kappa shape index (κ2) is 6.65. The number of nitrogens with one attached hydrogen (secondary N) is 2. The van der Waals surface area contributed by atoms with E-state index in [1.165, 1.54) is 5.56 Å². The number of carbonyl (C=O) groups excluding carboxylic acids is 1. The van der Waals surface area contributed by atoms with Gasteiger partial charge in [0.25, 0.3) is 0 Å². The predicted molar refractivity (Wildman–Crippen MR) is 92.2 cm³/mol. The largest absolute Gasteiger partial charge is 0.352 e. The normalized spacial score (nSPS) is 10.9. The number of amides is 1. The molecule has 4 heteroatoms. The molecule has 0 spiro atoms. The summed E-state index contributed by atoms with van der Waals surface area (Å²) in [7, 11) is 0.